The topological polar surface area (TPSA) is 42.0 Å². The number of para-hydroxylation sites is 1. The number of carbonyl (C=O) groups is 1. The summed E-state index contributed by atoms with van der Waals surface area (Å²) in [5.74, 6) is 1.05. The van der Waals surface area contributed by atoms with Crippen LogP contribution in [0.3, 0.4) is 0 Å². The van der Waals surface area contributed by atoms with E-state index in [1.54, 1.807) is 0 Å². The number of carbonyl (C=O) groups excluding carboxylic acids is 1. The monoisotopic (exact) mass is 398 g/mol. The van der Waals surface area contributed by atoms with Gasteiger partial charge in [0.2, 0.25) is 5.91 Å². The van der Waals surface area contributed by atoms with E-state index in [2.05, 4.69) is 48.1 Å². The number of aromatic nitrogens is 1. The van der Waals surface area contributed by atoms with Crippen LogP contribution in [0.15, 0.2) is 73.4 Å². The molecule has 1 aliphatic rings. The molecule has 0 bridgehead atoms. The van der Waals surface area contributed by atoms with Gasteiger partial charge in [-0.25, -0.2) is 0 Å². The lowest BCUT2D eigenvalue weighted by atomic mass is 9.72. The van der Waals surface area contributed by atoms with Gasteiger partial charge in [-0.2, -0.15) is 0 Å². The average molecular weight is 399 g/mol. The molecule has 1 heterocycles. The van der Waals surface area contributed by atoms with Crippen molar-refractivity contribution in [3.05, 3.63) is 84.6 Å². The van der Waals surface area contributed by atoms with E-state index in [0.29, 0.717) is 11.8 Å². The molecule has 0 radical (unpaired) electrons. The van der Waals surface area contributed by atoms with Crippen LogP contribution < -0.4 is 5.32 Å². The molecule has 1 aromatic heterocycles. The molecule has 0 spiro atoms. The number of benzene rings is 2. The first-order chi connectivity index (χ1) is 14.7. The summed E-state index contributed by atoms with van der Waals surface area (Å²) >= 11 is 0. The Morgan fingerprint density at radius 2 is 1.83 bits per heavy atom. The van der Waals surface area contributed by atoms with Crippen molar-refractivity contribution in [2.24, 2.45) is 11.8 Å². The second-order valence-corrected chi connectivity index (χ2v) is 8.52. The summed E-state index contributed by atoms with van der Waals surface area (Å²) in [5.41, 5.74) is 4.54. The maximum Gasteiger partial charge on any atom is 0.228 e. The third-order valence-corrected chi connectivity index (χ3v) is 6.54. The molecule has 1 atom stereocenters. The third kappa shape index (κ3) is 4.46. The number of nitrogens with one attached hydrogen (secondary N) is 1. The third-order valence-electron chi connectivity index (χ3n) is 6.54. The SMILES string of the molecule is C=CCC(C(=O)Nc1ccc(C)cc1)C1CCC(c2ccnc3ccccc23)CC1. The predicted molar refractivity (Wildman–Crippen MR) is 125 cm³/mol. The van der Waals surface area contributed by atoms with Crippen LogP contribution >= 0.6 is 0 Å². The first-order valence-corrected chi connectivity index (χ1v) is 11.0. The Balaban J connectivity index is 1.44. The number of pyridine rings is 1. The van der Waals surface area contributed by atoms with Crippen molar-refractivity contribution < 1.29 is 4.79 Å². The molecule has 2 aromatic carbocycles. The summed E-state index contributed by atoms with van der Waals surface area (Å²) in [7, 11) is 0. The highest BCUT2D eigenvalue weighted by molar-refractivity contribution is 5.92. The molecule has 4 rings (SSSR count). The van der Waals surface area contributed by atoms with Gasteiger partial charge in [0.1, 0.15) is 0 Å². The molecule has 30 heavy (non-hydrogen) atoms. The Kier molecular flexibility index (Phi) is 6.27. The number of anilines is 1. The number of amides is 1. The summed E-state index contributed by atoms with van der Waals surface area (Å²) in [4.78, 5) is 17.6. The highest BCUT2D eigenvalue weighted by Gasteiger charge is 2.32. The van der Waals surface area contributed by atoms with Crippen LogP contribution in [0.2, 0.25) is 0 Å². The molecule has 3 heteroatoms. The van der Waals surface area contributed by atoms with Gasteiger partial charge in [0, 0.05) is 23.2 Å². The van der Waals surface area contributed by atoms with E-state index in [9.17, 15) is 4.79 Å². The number of aryl methyl sites for hydroxylation is 1. The van der Waals surface area contributed by atoms with Crippen molar-refractivity contribution in [1.82, 2.24) is 4.98 Å². The molecule has 0 saturated heterocycles. The predicted octanol–water partition coefficient (Wildman–Crippen LogP) is 6.65. The van der Waals surface area contributed by atoms with Crippen molar-refractivity contribution in [1.29, 1.82) is 0 Å². The van der Waals surface area contributed by atoms with Gasteiger partial charge in [0.15, 0.2) is 0 Å². The van der Waals surface area contributed by atoms with Gasteiger partial charge in [0.05, 0.1) is 5.52 Å². The fourth-order valence-electron chi connectivity index (χ4n) is 4.87. The molecule has 1 saturated carbocycles. The van der Waals surface area contributed by atoms with Gasteiger partial charge < -0.3 is 5.32 Å². The van der Waals surface area contributed by atoms with Gasteiger partial charge in [-0.15, -0.1) is 6.58 Å². The standard InChI is InChI=1S/C27H30N2O/c1-3-6-24(27(30)29-22-15-9-19(2)10-16-22)21-13-11-20(12-14-21)23-17-18-28-26-8-5-4-7-25(23)26/h3-5,7-10,15-18,20-21,24H,1,6,11-14H2,2H3,(H,29,30). The van der Waals surface area contributed by atoms with Crippen molar-refractivity contribution in [3.8, 4) is 0 Å². The zero-order valence-electron chi connectivity index (χ0n) is 17.7. The molecule has 0 aliphatic heterocycles. The van der Waals surface area contributed by atoms with Crippen LogP contribution in [-0.2, 0) is 4.79 Å². The molecule has 1 unspecified atom stereocenters. The number of hydrogen-bond donors (Lipinski definition) is 1. The molecule has 1 fully saturated rings. The molecular formula is C27H30N2O. The lowest BCUT2D eigenvalue weighted by Gasteiger charge is -2.33. The molecular weight excluding hydrogens is 368 g/mol. The van der Waals surface area contributed by atoms with E-state index in [1.165, 1.54) is 16.5 Å². The lowest BCUT2D eigenvalue weighted by molar-refractivity contribution is -0.121. The number of allylic oxidation sites excluding steroid dienone is 1. The van der Waals surface area contributed by atoms with Gasteiger partial charge in [-0.3, -0.25) is 9.78 Å². The number of hydrogen-bond acceptors (Lipinski definition) is 2. The molecule has 3 nitrogen and oxygen atoms in total. The zero-order valence-corrected chi connectivity index (χ0v) is 17.7. The minimum atomic E-state index is -0.0149. The van der Waals surface area contributed by atoms with Crippen LogP contribution in [0, 0.1) is 18.8 Å². The number of rotatable bonds is 6. The Bertz CT molecular complexity index is 1010. The Morgan fingerprint density at radius 1 is 1.10 bits per heavy atom. The molecule has 1 N–H and O–H groups in total. The van der Waals surface area contributed by atoms with Crippen molar-refractivity contribution in [3.63, 3.8) is 0 Å². The molecule has 154 valence electrons. The lowest BCUT2D eigenvalue weighted by Crippen LogP contribution is -2.31. The van der Waals surface area contributed by atoms with Gasteiger partial charge in [-0.1, -0.05) is 42.0 Å². The van der Waals surface area contributed by atoms with Crippen molar-refractivity contribution in [2.75, 3.05) is 5.32 Å². The van der Waals surface area contributed by atoms with E-state index in [-0.39, 0.29) is 11.8 Å². The number of nitrogens with zero attached hydrogens (tertiary/aromatic N) is 1. The van der Waals surface area contributed by atoms with Crippen LogP contribution in [-0.4, -0.2) is 10.9 Å². The van der Waals surface area contributed by atoms with Gasteiger partial charge in [0.25, 0.3) is 0 Å². The molecule has 1 amide bonds. The second-order valence-electron chi connectivity index (χ2n) is 8.52. The molecule has 1 aliphatic carbocycles. The summed E-state index contributed by atoms with van der Waals surface area (Å²) < 4.78 is 0. The Morgan fingerprint density at radius 3 is 2.57 bits per heavy atom. The van der Waals surface area contributed by atoms with Gasteiger partial charge in [-0.05, 0) is 80.7 Å². The average Bonchev–Trinajstić information content (AvgIpc) is 2.79. The van der Waals surface area contributed by atoms with Crippen LogP contribution in [0.4, 0.5) is 5.69 Å². The first-order valence-electron chi connectivity index (χ1n) is 11.0. The highest BCUT2D eigenvalue weighted by atomic mass is 16.1. The minimum Gasteiger partial charge on any atom is -0.326 e. The molecule has 3 aromatic rings. The van der Waals surface area contributed by atoms with Crippen molar-refractivity contribution >= 4 is 22.5 Å². The van der Waals surface area contributed by atoms with E-state index >= 15 is 0 Å². The normalized spacial score (nSPS) is 19.9. The summed E-state index contributed by atoms with van der Waals surface area (Å²) in [6.45, 7) is 5.96. The fourth-order valence-corrected chi connectivity index (χ4v) is 4.87. The fraction of sp³-hybridized carbons (Fsp3) is 0.333. The maximum absolute atomic E-state index is 13.0. The second kappa shape index (κ2) is 9.25. The zero-order chi connectivity index (χ0) is 20.9. The van der Waals surface area contributed by atoms with Gasteiger partial charge >= 0.3 is 0 Å². The summed E-state index contributed by atoms with van der Waals surface area (Å²) in [5, 5.41) is 4.39. The Labute approximate surface area is 179 Å². The van der Waals surface area contributed by atoms with E-state index in [0.717, 1.165) is 43.3 Å². The van der Waals surface area contributed by atoms with Crippen LogP contribution in [0.5, 0.6) is 0 Å². The van der Waals surface area contributed by atoms with E-state index in [4.69, 9.17) is 0 Å². The highest BCUT2D eigenvalue weighted by Crippen LogP contribution is 2.41. The minimum absolute atomic E-state index is 0.0149. The van der Waals surface area contributed by atoms with Crippen molar-refractivity contribution in [2.45, 2.75) is 44.9 Å². The van der Waals surface area contributed by atoms with Crippen LogP contribution in [0.1, 0.15) is 49.1 Å². The van der Waals surface area contributed by atoms with Crippen LogP contribution in [0.25, 0.3) is 10.9 Å². The Hall–Kier alpha value is -2.94. The van der Waals surface area contributed by atoms with E-state index < -0.39 is 0 Å². The summed E-state index contributed by atoms with van der Waals surface area (Å²) in [6.07, 6.45) is 8.92. The summed E-state index contributed by atoms with van der Waals surface area (Å²) in [6, 6.07) is 18.6. The van der Waals surface area contributed by atoms with E-state index in [1.807, 2.05) is 42.6 Å². The maximum atomic E-state index is 13.0. The quantitative estimate of drug-likeness (QED) is 0.472. The first kappa shape index (κ1) is 20.3. The number of fused-ring (bicyclic) bond motifs is 1. The smallest absolute Gasteiger partial charge is 0.228 e. The largest absolute Gasteiger partial charge is 0.326 e.